The van der Waals surface area contributed by atoms with E-state index >= 15 is 0 Å². The number of hydrogen-bond acceptors (Lipinski definition) is 6. The maximum absolute atomic E-state index is 14.2. The molecule has 216 valence electrons. The third-order valence-electron chi connectivity index (χ3n) is 9.21. The number of carbonyl (C=O) groups excluding carboxylic acids is 3. The fourth-order valence-electron chi connectivity index (χ4n) is 7.08. The van der Waals surface area contributed by atoms with Crippen LogP contribution < -0.4 is 20.1 Å². The van der Waals surface area contributed by atoms with Crippen LogP contribution in [-0.4, -0.2) is 60.6 Å². The van der Waals surface area contributed by atoms with E-state index in [1.54, 1.807) is 43.4 Å². The van der Waals surface area contributed by atoms with E-state index in [1.165, 1.54) is 0 Å². The van der Waals surface area contributed by atoms with Crippen LogP contribution in [0, 0.1) is 17.8 Å². The number of anilines is 1. The molecule has 9 heteroatoms. The van der Waals surface area contributed by atoms with Crippen molar-refractivity contribution >= 4 is 23.4 Å². The maximum atomic E-state index is 14.2. The van der Waals surface area contributed by atoms with Crippen molar-refractivity contribution in [3.63, 3.8) is 0 Å². The van der Waals surface area contributed by atoms with Crippen molar-refractivity contribution in [2.24, 2.45) is 17.8 Å². The summed E-state index contributed by atoms with van der Waals surface area (Å²) in [6, 6.07) is 13.7. The molecule has 9 nitrogen and oxygen atoms in total. The number of rotatable bonds is 8. The molecule has 0 unspecified atom stereocenters. The monoisotopic (exact) mass is 559 g/mol. The van der Waals surface area contributed by atoms with Crippen LogP contribution in [0.5, 0.6) is 11.5 Å². The zero-order valence-corrected chi connectivity index (χ0v) is 23.7. The Labute approximate surface area is 240 Å². The van der Waals surface area contributed by atoms with Crippen LogP contribution in [0.4, 0.5) is 5.69 Å². The summed E-state index contributed by atoms with van der Waals surface area (Å²) in [5.74, 6) is -0.728. The Morgan fingerprint density at radius 2 is 1.78 bits per heavy atom. The van der Waals surface area contributed by atoms with Gasteiger partial charge in [-0.1, -0.05) is 50.1 Å². The molecule has 0 aromatic heterocycles. The third-order valence-corrected chi connectivity index (χ3v) is 9.21. The van der Waals surface area contributed by atoms with Crippen molar-refractivity contribution in [1.82, 2.24) is 10.2 Å². The van der Waals surface area contributed by atoms with Gasteiger partial charge in [0.1, 0.15) is 23.1 Å². The minimum atomic E-state index is -1.22. The highest BCUT2D eigenvalue weighted by atomic mass is 16.5. The van der Waals surface area contributed by atoms with Crippen molar-refractivity contribution in [3.8, 4) is 11.5 Å². The fourth-order valence-corrected chi connectivity index (χ4v) is 7.08. The third kappa shape index (κ3) is 4.76. The topological polar surface area (TPSA) is 106 Å². The fraction of sp³-hybridized carbons (Fsp3) is 0.469. The van der Waals surface area contributed by atoms with Gasteiger partial charge in [0.05, 0.1) is 32.2 Å². The number of methoxy groups -OCH3 is 2. The maximum Gasteiger partial charge on any atom is 0.246 e. The lowest BCUT2D eigenvalue weighted by molar-refractivity contribution is -0.142. The number of hydrogen-bond donors (Lipinski definition) is 2. The van der Waals surface area contributed by atoms with Crippen LogP contribution >= 0.6 is 0 Å². The second kappa shape index (κ2) is 10.9. The molecule has 2 aromatic carbocycles. The molecule has 41 heavy (non-hydrogen) atoms. The minimum Gasteiger partial charge on any atom is -0.497 e. The van der Waals surface area contributed by atoms with E-state index in [-0.39, 0.29) is 30.3 Å². The zero-order valence-electron chi connectivity index (χ0n) is 23.7. The van der Waals surface area contributed by atoms with E-state index in [0.29, 0.717) is 23.1 Å². The smallest absolute Gasteiger partial charge is 0.246 e. The predicted molar refractivity (Wildman–Crippen MR) is 152 cm³/mol. The molecule has 2 bridgehead atoms. The molecule has 1 saturated carbocycles. The van der Waals surface area contributed by atoms with Crippen LogP contribution in [0.1, 0.15) is 38.2 Å². The average molecular weight is 560 g/mol. The molecule has 3 aliphatic heterocycles. The Kier molecular flexibility index (Phi) is 7.23. The summed E-state index contributed by atoms with van der Waals surface area (Å²) >= 11 is 0. The first-order chi connectivity index (χ1) is 19.8. The van der Waals surface area contributed by atoms with E-state index < -0.39 is 29.6 Å². The van der Waals surface area contributed by atoms with E-state index in [1.807, 2.05) is 36.4 Å². The summed E-state index contributed by atoms with van der Waals surface area (Å²) in [5, 5.41) is 6.22. The van der Waals surface area contributed by atoms with E-state index in [9.17, 15) is 14.4 Å². The lowest BCUT2D eigenvalue weighted by Crippen LogP contribution is -2.57. The molecule has 4 aliphatic rings. The van der Waals surface area contributed by atoms with Gasteiger partial charge < -0.3 is 29.7 Å². The van der Waals surface area contributed by atoms with Crippen molar-refractivity contribution in [3.05, 3.63) is 66.2 Å². The normalized spacial score (nSPS) is 31.6. The van der Waals surface area contributed by atoms with Gasteiger partial charge in [-0.15, -0.1) is 0 Å². The molecule has 2 N–H and O–H groups in total. The largest absolute Gasteiger partial charge is 0.497 e. The first-order valence-electron chi connectivity index (χ1n) is 14.4. The summed E-state index contributed by atoms with van der Waals surface area (Å²) < 4.78 is 17.1. The first kappa shape index (κ1) is 27.3. The van der Waals surface area contributed by atoms with Gasteiger partial charge in [-0.3, -0.25) is 14.4 Å². The number of fused-ring (bicyclic) bond motifs is 1. The number of nitrogens with zero attached hydrogens (tertiary/aromatic N) is 1. The van der Waals surface area contributed by atoms with Gasteiger partial charge in [0.2, 0.25) is 17.7 Å². The van der Waals surface area contributed by atoms with Crippen LogP contribution in [0.25, 0.3) is 0 Å². The molecule has 3 amide bonds. The summed E-state index contributed by atoms with van der Waals surface area (Å²) in [7, 11) is 3.16. The SMILES string of the molecule is COc1ccc(CN2C(=O)[C@H]3[C@H](C(=O)Nc4cccc(OC)c4)[C@H]4C=C[C@@]3(O4)[C@@H]2C(=O)N[C@@H]2CCCC[C@@H]2C)cc1. The van der Waals surface area contributed by atoms with Crippen molar-refractivity contribution < 1.29 is 28.6 Å². The van der Waals surface area contributed by atoms with Crippen LogP contribution in [0.15, 0.2) is 60.7 Å². The van der Waals surface area contributed by atoms with Gasteiger partial charge in [0, 0.05) is 24.3 Å². The second-order valence-corrected chi connectivity index (χ2v) is 11.6. The molecule has 2 saturated heterocycles. The summed E-state index contributed by atoms with van der Waals surface area (Å²) in [6.45, 7) is 2.38. The Bertz CT molecular complexity index is 1360. The summed E-state index contributed by atoms with van der Waals surface area (Å²) in [5.41, 5.74) is 0.207. The highest BCUT2D eigenvalue weighted by Crippen LogP contribution is 2.55. The molecule has 6 rings (SSSR count). The molecular formula is C32H37N3O6. The second-order valence-electron chi connectivity index (χ2n) is 11.6. The first-order valence-corrected chi connectivity index (χ1v) is 14.4. The molecule has 2 aromatic rings. The van der Waals surface area contributed by atoms with Crippen LogP contribution in [0.2, 0.25) is 0 Å². The Hall–Kier alpha value is -3.85. The number of ether oxygens (including phenoxy) is 3. The highest BCUT2D eigenvalue weighted by Gasteiger charge is 2.72. The molecular weight excluding hydrogens is 522 g/mol. The Balaban J connectivity index is 1.32. The number of carbonyl (C=O) groups is 3. The number of amides is 3. The van der Waals surface area contributed by atoms with E-state index in [0.717, 1.165) is 31.2 Å². The molecule has 1 aliphatic carbocycles. The predicted octanol–water partition coefficient (Wildman–Crippen LogP) is 3.69. The molecule has 7 atom stereocenters. The standard InChI is InChI=1S/C32H37N3O6/c1-19-7-4-5-10-24(19)34-30(37)28-32-16-15-25(41-32)26(29(36)33-21-8-6-9-23(17-21)40-3)27(32)31(38)35(28)18-20-11-13-22(39-2)14-12-20/h6,8-9,11-17,19,24-28H,4-5,7,10,18H2,1-3H3,(H,33,36)(H,34,37)/t19-,24+,25+,26+,27+,28-,32-/m0/s1. The van der Waals surface area contributed by atoms with E-state index in [2.05, 4.69) is 17.6 Å². The number of nitrogens with one attached hydrogen (secondary N) is 2. The minimum absolute atomic E-state index is 0.0411. The van der Waals surface area contributed by atoms with Gasteiger partial charge in [0.25, 0.3) is 0 Å². The zero-order chi connectivity index (χ0) is 28.7. The molecule has 0 radical (unpaired) electrons. The lowest BCUT2D eigenvalue weighted by atomic mass is 9.74. The molecule has 1 spiro atoms. The van der Waals surface area contributed by atoms with E-state index in [4.69, 9.17) is 14.2 Å². The van der Waals surface area contributed by atoms with Crippen molar-refractivity contribution in [1.29, 1.82) is 0 Å². The summed E-state index contributed by atoms with van der Waals surface area (Å²) in [4.78, 5) is 43.7. The Morgan fingerprint density at radius 3 is 2.51 bits per heavy atom. The molecule has 3 fully saturated rings. The van der Waals surface area contributed by atoms with Gasteiger partial charge in [-0.25, -0.2) is 0 Å². The highest BCUT2D eigenvalue weighted by molar-refractivity contribution is 6.02. The van der Waals surface area contributed by atoms with Gasteiger partial charge in [-0.05, 0) is 48.6 Å². The summed E-state index contributed by atoms with van der Waals surface area (Å²) in [6.07, 6.45) is 7.27. The van der Waals surface area contributed by atoms with Crippen molar-refractivity contribution in [2.75, 3.05) is 19.5 Å². The average Bonchev–Trinajstić information content (AvgIpc) is 3.62. The lowest BCUT2D eigenvalue weighted by Gasteiger charge is -2.36. The molecule has 3 heterocycles. The van der Waals surface area contributed by atoms with Gasteiger partial charge in [0.15, 0.2) is 0 Å². The number of benzene rings is 2. The van der Waals surface area contributed by atoms with Crippen LogP contribution in [0.3, 0.4) is 0 Å². The van der Waals surface area contributed by atoms with Crippen LogP contribution in [-0.2, 0) is 25.7 Å². The van der Waals surface area contributed by atoms with Gasteiger partial charge >= 0.3 is 0 Å². The Morgan fingerprint density at radius 1 is 1.02 bits per heavy atom. The quantitative estimate of drug-likeness (QED) is 0.478. The number of likely N-dealkylation sites (tertiary alicyclic amines) is 1. The van der Waals surface area contributed by atoms with Crippen molar-refractivity contribution in [2.45, 2.75) is 62.9 Å². The van der Waals surface area contributed by atoms with Gasteiger partial charge in [-0.2, -0.15) is 0 Å².